The average molecular weight is 466 g/mol. The molecule has 2 aromatic carbocycles. The average Bonchev–Trinajstić information content (AvgIpc) is 2.81. The number of nitriles is 1. The van der Waals surface area contributed by atoms with Gasteiger partial charge in [-0.2, -0.15) is 5.26 Å². The van der Waals surface area contributed by atoms with Crippen molar-refractivity contribution in [2.75, 3.05) is 6.61 Å². The van der Waals surface area contributed by atoms with Gasteiger partial charge >= 0.3 is 0 Å². The maximum atomic E-state index is 13.3. The molecule has 33 heavy (non-hydrogen) atoms. The van der Waals surface area contributed by atoms with E-state index in [0.717, 1.165) is 24.8 Å². The van der Waals surface area contributed by atoms with Gasteiger partial charge < -0.3 is 4.74 Å². The summed E-state index contributed by atoms with van der Waals surface area (Å²) in [6.07, 6.45) is 7.95. The predicted octanol–water partition coefficient (Wildman–Crippen LogP) is 6.11. The van der Waals surface area contributed by atoms with E-state index in [1.165, 1.54) is 37.8 Å². The number of rotatable bonds is 12. The molecule has 0 radical (unpaired) electrons. The highest BCUT2D eigenvalue weighted by Gasteiger charge is 2.34. The molecule has 3 aromatic rings. The summed E-state index contributed by atoms with van der Waals surface area (Å²) < 4.78 is 32.6. The van der Waals surface area contributed by atoms with Crippen LogP contribution in [0.4, 0.5) is 0 Å². The van der Waals surface area contributed by atoms with Crippen molar-refractivity contribution < 1.29 is 13.2 Å². The van der Waals surface area contributed by atoms with E-state index in [-0.39, 0.29) is 16.5 Å². The Morgan fingerprint density at radius 1 is 0.909 bits per heavy atom. The Bertz CT molecular complexity index is 1200. The highest BCUT2D eigenvalue weighted by atomic mass is 32.2. The first kappa shape index (κ1) is 24.7. The smallest absolute Gasteiger partial charge is 0.238 e. The number of sulfone groups is 1. The van der Waals surface area contributed by atoms with E-state index in [4.69, 9.17) is 4.74 Å². The number of nitrogens with zero attached hydrogens (tertiary/aromatic N) is 3. The SMILES string of the molecule is CCCCCCCCCOc1nc2ccccc2nc1[C@H](C#N)S(=O)(=O)c1ccc(C)cc1. The maximum absolute atomic E-state index is 13.3. The zero-order valence-corrected chi connectivity index (χ0v) is 20.1. The first-order valence-corrected chi connectivity index (χ1v) is 13.1. The van der Waals surface area contributed by atoms with Crippen LogP contribution < -0.4 is 4.74 Å². The summed E-state index contributed by atoms with van der Waals surface area (Å²) in [6, 6.07) is 15.6. The van der Waals surface area contributed by atoms with Crippen molar-refractivity contribution in [1.29, 1.82) is 5.26 Å². The number of ether oxygens (including phenoxy) is 1. The molecule has 0 spiro atoms. The second kappa shape index (κ2) is 11.8. The van der Waals surface area contributed by atoms with E-state index < -0.39 is 15.1 Å². The number of para-hydroxylation sites is 2. The van der Waals surface area contributed by atoms with Gasteiger partial charge in [-0.05, 0) is 37.6 Å². The summed E-state index contributed by atoms with van der Waals surface area (Å²) in [5.41, 5.74) is 2.10. The number of hydrogen-bond acceptors (Lipinski definition) is 6. The van der Waals surface area contributed by atoms with Crippen LogP contribution in [0, 0.1) is 18.3 Å². The summed E-state index contributed by atoms with van der Waals surface area (Å²) in [5.74, 6) is 0.113. The lowest BCUT2D eigenvalue weighted by Gasteiger charge is -2.15. The molecular weight excluding hydrogens is 434 g/mol. The van der Waals surface area contributed by atoms with Crippen LogP contribution in [0.25, 0.3) is 11.0 Å². The monoisotopic (exact) mass is 465 g/mol. The van der Waals surface area contributed by atoms with Crippen LogP contribution in [-0.2, 0) is 9.84 Å². The van der Waals surface area contributed by atoms with E-state index in [2.05, 4.69) is 16.9 Å². The van der Waals surface area contributed by atoms with Crippen molar-refractivity contribution in [1.82, 2.24) is 9.97 Å². The number of unbranched alkanes of at least 4 members (excludes halogenated alkanes) is 6. The molecule has 0 fully saturated rings. The van der Waals surface area contributed by atoms with E-state index in [1.54, 1.807) is 30.3 Å². The van der Waals surface area contributed by atoms with E-state index >= 15 is 0 Å². The maximum Gasteiger partial charge on any atom is 0.238 e. The van der Waals surface area contributed by atoms with Gasteiger partial charge in [0.05, 0.1) is 28.6 Å². The van der Waals surface area contributed by atoms with Crippen molar-refractivity contribution in [2.24, 2.45) is 0 Å². The Labute approximate surface area is 196 Å². The highest BCUT2D eigenvalue weighted by Crippen LogP contribution is 2.33. The summed E-state index contributed by atoms with van der Waals surface area (Å²) in [4.78, 5) is 9.12. The molecule has 174 valence electrons. The molecule has 0 aliphatic carbocycles. The number of aromatic nitrogens is 2. The van der Waals surface area contributed by atoms with Crippen LogP contribution in [0.2, 0.25) is 0 Å². The van der Waals surface area contributed by atoms with Gasteiger partial charge in [-0.3, -0.25) is 0 Å². The Morgan fingerprint density at radius 2 is 1.52 bits per heavy atom. The van der Waals surface area contributed by atoms with Crippen LogP contribution in [0.3, 0.4) is 0 Å². The minimum Gasteiger partial charge on any atom is -0.476 e. The quantitative estimate of drug-likeness (QED) is 0.300. The molecule has 0 amide bonds. The number of hydrogen-bond donors (Lipinski definition) is 0. The molecule has 7 heteroatoms. The first-order chi connectivity index (χ1) is 16.0. The second-order valence-electron chi connectivity index (χ2n) is 8.24. The van der Waals surface area contributed by atoms with Gasteiger partial charge in [0.15, 0.2) is 5.25 Å². The normalized spacial score (nSPS) is 12.4. The molecule has 0 unspecified atom stereocenters. The van der Waals surface area contributed by atoms with Gasteiger partial charge in [-0.25, -0.2) is 18.4 Å². The Kier molecular flexibility index (Phi) is 8.79. The third kappa shape index (κ3) is 6.29. The molecule has 0 bridgehead atoms. The lowest BCUT2D eigenvalue weighted by Crippen LogP contribution is -2.16. The van der Waals surface area contributed by atoms with E-state index in [9.17, 15) is 13.7 Å². The zero-order chi connectivity index (χ0) is 23.7. The molecule has 1 atom stereocenters. The van der Waals surface area contributed by atoms with Crippen molar-refractivity contribution in [3.8, 4) is 11.9 Å². The summed E-state index contributed by atoms with van der Waals surface area (Å²) in [6.45, 7) is 4.48. The fourth-order valence-corrected chi connectivity index (χ4v) is 5.02. The molecule has 0 saturated carbocycles. The fraction of sp³-hybridized carbons (Fsp3) is 0.423. The molecule has 0 aliphatic rings. The van der Waals surface area contributed by atoms with Crippen LogP contribution in [0.15, 0.2) is 53.4 Å². The largest absolute Gasteiger partial charge is 0.476 e. The third-order valence-corrected chi connectivity index (χ3v) is 7.45. The summed E-state index contributed by atoms with van der Waals surface area (Å²) >= 11 is 0. The predicted molar refractivity (Wildman–Crippen MR) is 130 cm³/mol. The Balaban J connectivity index is 1.85. The van der Waals surface area contributed by atoms with Crippen molar-refractivity contribution in [3.05, 3.63) is 59.8 Å². The number of benzene rings is 2. The molecule has 3 rings (SSSR count). The molecule has 0 aliphatic heterocycles. The molecule has 1 aromatic heterocycles. The first-order valence-electron chi connectivity index (χ1n) is 11.6. The lowest BCUT2D eigenvalue weighted by molar-refractivity contribution is 0.290. The molecule has 0 saturated heterocycles. The minimum atomic E-state index is -4.00. The van der Waals surface area contributed by atoms with Gasteiger partial charge in [0.1, 0.15) is 5.69 Å². The van der Waals surface area contributed by atoms with E-state index in [0.29, 0.717) is 17.6 Å². The zero-order valence-electron chi connectivity index (χ0n) is 19.3. The Morgan fingerprint density at radius 3 is 2.15 bits per heavy atom. The van der Waals surface area contributed by atoms with Gasteiger partial charge in [0, 0.05) is 0 Å². The molecule has 6 nitrogen and oxygen atoms in total. The van der Waals surface area contributed by atoms with Gasteiger partial charge in [0.2, 0.25) is 15.7 Å². The summed E-state index contributed by atoms with van der Waals surface area (Å²) in [5, 5.41) is 8.37. The van der Waals surface area contributed by atoms with Gasteiger partial charge in [-0.1, -0.05) is 75.3 Å². The molecule has 0 N–H and O–H groups in total. The van der Waals surface area contributed by atoms with Crippen LogP contribution in [0.5, 0.6) is 5.88 Å². The van der Waals surface area contributed by atoms with Crippen molar-refractivity contribution in [3.63, 3.8) is 0 Å². The second-order valence-corrected chi connectivity index (χ2v) is 10.3. The molecule has 1 heterocycles. The van der Waals surface area contributed by atoms with Gasteiger partial charge in [0.25, 0.3) is 0 Å². The lowest BCUT2D eigenvalue weighted by atomic mass is 10.1. The third-order valence-electron chi connectivity index (χ3n) is 5.58. The fourth-order valence-electron chi connectivity index (χ4n) is 3.64. The van der Waals surface area contributed by atoms with Crippen molar-refractivity contribution >= 4 is 20.9 Å². The van der Waals surface area contributed by atoms with E-state index in [1.807, 2.05) is 19.1 Å². The van der Waals surface area contributed by atoms with Crippen LogP contribution in [0.1, 0.15) is 68.4 Å². The highest BCUT2D eigenvalue weighted by molar-refractivity contribution is 7.92. The standard InChI is InChI=1S/C26H31N3O3S/c1-3-4-5-6-7-8-11-18-32-26-25(28-22-12-9-10-13-23(22)29-26)24(19-27)33(30,31)21-16-14-20(2)15-17-21/h9-10,12-17,24H,3-8,11,18H2,1-2H3/t24-/m0/s1. The van der Waals surface area contributed by atoms with Crippen molar-refractivity contribution in [2.45, 2.75) is 68.9 Å². The van der Waals surface area contributed by atoms with Crippen LogP contribution in [-0.4, -0.2) is 25.0 Å². The Hall–Kier alpha value is -2.98. The topological polar surface area (TPSA) is 92.9 Å². The van der Waals surface area contributed by atoms with Crippen LogP contribution >= 0.6 is 0 Å². The molecular formula is C26H31N3O3S. The summed E-state index contributed by atoms with van der Waals surface area (Å²) in [7, 11) is -4.00. The number of aryl methyl sites for hydroxylation is 1. The van der Waals surface area contributed by atoms with Gasteiger partial charge in [-0.15, -0.1) is 0 Å². The number of fused-ring (bicyclic) bond motifs is 1. The minimum absolute atomic E-state index is 0.0414.